The van der Waals surface area contributed by atoms with Crippen LogP contribution in [0.25, 0.3) is 0 Å². The second-order valence-corrected chi connectivity index (χ2v) is 2.54. The first-order valence-electron chi connectivity index (χ1n) is 3.89. The van der Waals surface area contributed by atoms with Gasteiger partial charge in [0.1, 0.15) is 33.9 Å². The van der Waals surface area contributed by atoms with E-state index in [-0.39, 0.29) is 17.4 Å². The van der Waals surface area contributed by atoms with Crippen molar-refractivity contribution in [3.05, 3.63) is 22.4 Å². The molecule has 0 aliphatic carbocycles. The van der Waals surface area contributed by atoms with E-state index in [9.17, 15) is 0 Å². The zero-order valence-corrected chi connectivity index (χ0v) is 12.8. The summed E-state index contributed by atoms with van der Waals surface area (Å²) < 4.78 is 4.90. The van der Waals surface area contributed by atoms with Crippen molar-refractivity contribution in [1.29, 1.82) is 0 Å². The van der Waals surface area contributed by atoms with Crippen LogP contribution in [0.2, 0.25) is 0 Å². The summed E-state index contributed by atoms with van der Waals surface area (Å²) in [6, 6.07) is 4.09. The maximum Gasteiger partial charge on any atom is 0.106 e. The Bertz CT molecular complexity index is 199. The monoisotopic (exact) mass is 330 g/mol. The summed E-state index contributed by atoms with van der Waals surface area (Å²) in [5, 5.41) is 2.05. The minimum atomic E-state index is 0. The molecule has 1 aromatic heterocycles. The Labute approximate surface area is 127 Å². The number of hydrogen-bond donors (Lipinski definition) is 0. The van der Waals surface area contributed by atoms with Crippen LogP contribution in [0.3, 0.4) is 0 Å². The summed E-state index contributed by atoms with van der Waals surface area (Å²) in [7, 11) is 1.71. The average molecular weight is 330 g/mol. The van der Waals surface area contributed by atoms with Gasteiger partial charge in [-0.3, -0.25) is 0 Å². The SMILES string of the molecule is C=O.C=O.C=O.C=O.C=O.COCc1cccs1.[Cr]. The smallest absolute Gasteiger partial charge is 0.106 e. The fourth-order valence-corrected chi connectivity index (χ4v) is 1.21. The van der Waals surface area contributed by atoms with E-state index in [2.05, 4.69) is 6.07 Å². The number of thiophene rings is 1. The molecular formula is C11H18CrO6S. The topological polar surface area (TPSA) is 94.6 Å². The fourth-order valence-electron chi connectivity index (χ4n) is 0.537. The van der Waals surface area contributed by atoms with Crippen LogP contribution in [0.15, 0.2) is 17.5 Å². The Hall–Kier alpha value is -1.46. The number of rotatable bonds is 2. The van der Waals surface area contributed by atoms with Gasteiger partial charge in [0.15, 0.2) is 0 Å². The molecule has 0 radical (unpaired) electrons. The van der Waals surface area contributed by atoms with Crippen molar-refractivity contribution in [2.75, 3.05) is 7.11 Å². The van der Waals surface area contributed by atoms with Gasteiger partial charge in [0.25, 0.3) is 0 Å². The third-order valence-corrected chi connectivity index (χ3v) is 1.72. The third kappa shape index (κ3) is 47.9. The van der Waals surface area contributed by atoms with Crippen molar-refractivity contribution in [2.45, 2.75) is 6.61 Å². The van der Waals surface area contributed by atoms with Crippen molar-refractivity contribution in [3.8, 4) is 0 Å². The first kappa shape index (κ1) is 36.0. The van der Waals surface area contributed by atoms with Crippen molar-refractivity contribution in [3.63, 3.8) is 0 Å². The van der Waals surface area contributed by atoms with Gasteiger partial charge in [-0.1, -0.05) is 6.07 Å². The number of ether oxygens (including phenoxy) is 1. The first-order chi connectivity index (χ1) is 8.93. The molecule has 8 heteroatoms. The van der Waals surface area contributed by atoms with Gasteiger partial charge in [-0.05, 0) is 11.4 Å². The molecule has 0 saturated carbocycles. The van der Waals surface area contributed by atoms with Crippen LogP contribution in [0.5, 0.6) is 0 Å². The van der Waals surface area contributed by atoms with Crippen LogP contribution in [-0.4, -0.2) is 41.1 Å². The van der Waals surface area contributed by atoms with Gasteiger partial charge >= 0.3 is 0 Å². The summed E-state index contributed by atoms with van der Waals surface area (Å²) in [4.78, 5) is 41.3. The van der Waals surface area contributed by atoms with E-state index in [1.807, 2.05) is 45.4 Å². The van der Waals surface area contributed by atoms with Crippen LogP contribution in [0.4, 0.5) is 0 Å². The minimum Gasteiger partial charge on any atom is -0.379 e. The van der Waals surface area contributed by atoms with E-state index in [1.165, 1.54) is 4.88 Å². The molecule has 0 aliphatic rings. The second kappa shape index (κ2) is 70.2. The van der Waals surface area contributed by atoms with Crippen molar-refractivity contribution in [1.82, 2.24) is 0 Å². The molecule has 0 saturated heterocycles. The predicted molar refractivity (Wildman–Crippen MR) is 70.6 cm³/mol. The van der Waals surface area contributed by atoms with E-state index in [1.54, 1.807) is 18.4 Å². The average Bonchev–Trinajstić information content (AvgIpc) is 3.03. The van der Waals surface area contributed by atoms with Gasteiger partial charge in [-0.15, -0.1) is 11.3 Å². The summed E-state index contributed by atoms with van der Waals surface area (Å²) in [6.45, 7) is 10.7. The number of carbonyl (C=O) groups is 5. The standard InChI is InChI=1S/C6H8OS.5CH2O.Cr/c1-7-5-6-3-2-4-8-6;5*1-2;/h2-4H,5H2,1H3;5*1H2;. The molecule has 0 unspecified atom stereocenters. The van der Waals surface area contributed by atoms with E-state index in [0.717, 1.165) is 6.61 Å². The van der Waals surface area contributed by atoms with Crippen LogP contribution in [0, 0.1) is 0 Å². The van der Waals surface area contributed by atoms with Gasteiger partial charge in [0.05, 0.1) is 6.61 Å². The summed E-state index contributed by atoms with van der Waals surface area (Å²) in [6.07, 6.45) is 0. The van der Waals surface area contributed by atoms with E-state index < -0.39 is 0 Å². The Morgan fingerprint density at radius 1 is 0.947 bits per heavy atom. The molecule has 19 heavy (non-hydrogen) atoms. The zero-order valence-electron chi connectivity index (χ0n) is 10.7. The summed E-state index contributed by atoms with van der Waals surface area (Å²) in [5.41, 5.74) is 0. The Morgan fingerprint density at radius 3 is 1.53 bits per heavy atom. The molecule has 1 rings (SSSR count). The zero-order chi connectivity index (χ0) is 15.8. The molecule has 0 spiro atoms. The van der Waals surface area contributed by atoms with Gasteiger partial charge in [0, 0.05) is 29.3 Å². The van der Waals surface area contributed by atoms with E-state index in [0.29, 0.717) is 0 Å². The normalized spacial score (nSPS) is 5.11. The molecule has 0 aliphatic heterocycles. The van der Waals surface area contributed by atoms with Crippen molar-refractivity contribution in [2.24, 2.45) is 0 Å². The molecule has 0 N–H and O–H groups in total. The number of carbonyl (C=O) groups excluding carboxylic acids is 5. The molecule has 0 aromatic carbocycles. The van der Waals surface area contributed by atoms with Crippen LogP contribution in [0.1, 0.15) is 4.88 Å². The summed E-state index contributed by atoms with van der Waals surface area (Å²) in [5.74, 6) is 0. The third-order valence-electron chi connectivity index (χ3n) is 0.867. The molecule has 0 fully saturated rings. The maximum atomic E-state index is 8.00. The Kier molecular flexibility index (Phi) is 133. The van der Waals surface area contributed by atoms with Crippen LogP contribution >= 0.6 is 11.3 Å². The van der Waals surface area contributed by atoms with Crippen LogP contribution < -0.4 is 0 Å². The van der Waals surface area contributed by atoms with Crippen molar-refractivity contribution >= 4 is 45.3 Å². The Balaban J connectivity index is -0.0000000332. The first-order valence-corrected chi connectivity index (χ1v) is 4.77. The number of hydrogen-bond acceptors (Lipinski definition) is 7. The molecule has 0 atom stereocenters. The van der Waals surface area contributed by atoms with E-state index >= 15 is 0 Å². The molecule has 1 heterocycles. The molecule has 0 amide bonds. The van der Waals surface area contributed by atoms with Gasteiger partial charge in [0.2, 0.25) is 0 Å². The predicted octanol–water partition coefficient (Wildman–Crippen LogP) is 0.968. The minimum absolute atomic E-state index is 0. The fraction of sp³-hybridized carbons (Fsp3) is 0.182. The second-order valence-electron chi connectivity index (χ2n) is 1.51. The molecule has 1 aromatic rings. The maximum absolute atomic E-state index is 8.00. The van der Waals surface area contributed by atoms with Crippen molar-refractivity contribution < 1.29 is 46.1 Å². The molecular weight excluding hydrogens is 312 g/mol. The Morgan fingerprint density at radius 2 is 1.32 bits per heavy atom. The van der Waals surface area contributed by atoms with Crippen LogP contribution in [-0.2, 0) is 52.7 Å². The molecule has 6 nitrogen and oxygen atoms in total. The molecule has 0 bridgehead atoms. The molecule has 110 valence electrons. The van der Waals surface area contributed by atoms with Gasteiger partial charge in [-0.2, -0.15) is 0 Å². The summed E-state index contributed by atoms with van der Waals surface area (Å²) >= 11 is 1.72. The largest absolute Gasteiger partial charge is 0.379 e. The van der Waals surface area contributed by atoms with Gasteiger partial charge < -0.3 is 28.7 Å². The quantitative estimate of drug-likeness (QED) is 0.802. The van der Waals surface area contributed by atoms with Gasteiger partial charge in [-0.25, -0.2) is 0 Å². The van der Waals surface area contributed by atoms with E-state index in [4.69, 9.17) is 28.7 Å². The number of methoxy groups -OCH3 is 1.